The lowest BCUT2D eigenvalue weighted by Crippen LogP contribution is -2.38. The third-order valence-electron chi connectivity index (χ3n) is 6.47. The number of methoxy groups -OCH3 is 1. The molecular formula is C24H25F2N7O. The predicted molar refractivity (Wildman–Crippen MR) is 124 cm³/mol. The molecule has 4 aromatic heterocycles. The number of ether oxygens (including phenoxy) is 1. The van der Waals surface area contributed by atoms with E-state index in [1.807, 2.05) is 39.8 Å². The van der Waals surface area contributed by atoms with Gasteiger partial charge in [0.05, 0.1) is 37.4 Å². The van der Waals surface area contributed by atoms with E-state index < -0.39 is 12.0 Å². The second-order valence-electron chi connectivity index (χ2n) is 9.02. The van der Waals surface area contributed by atoms with Crippen molar-refractivity contribution in [2.24, 2.45) is 5.92 Å². The van der Waals surface area contributed by atoms with E-state index in [0.717, 1.165) is 29.3 Å². The molecule has 1 aliphatic carbocycles. The summed E-state index contributed by atoms with van der Waals surface area (Å²) < 4.78 is 37.7. The summed E-state index contributed by atoms with van der Waals surface area (Å²) in [6.45, 7) is 0.783. The summed E-state index contributed by atoms with van der Waals surface area (Å²) in [6.07, 6.45) is 10.1. The highest BCUT2D eigenvalue weighted by atomic mass is 19.3. The van der Waals surface area contributed by atoms with E-state index in [4.69, 9.17) is 4.74 Å². The lowest BCUT2D eigenvalue weighted by Gasteiger charge is -2.20. The van der Waals surface area contributed by atoms with Crippen LogP contribution in [0.25, 0.3) is 28.2 Å². The Labute approximate surface area is 195 Å². The molecule has 2 aliphatic rings. The molecule has 0 bridgehead atoms. The van der Waals surface area contributed by atoms with E-state index in [-0.39, 0.29) is 13.1 Å². The van der Waals surface area contributed by atoms with E-state index >= 15 is 0 Å². The van der Waals surface area contributed by atoms with Gasteiger partial charge in [-0.3, -0.25) is 9.08 Å². The molecule has 4 aromatic rings. The van der Waals surface area contributed by atoms with Gasteiger partial charge in [-0.1, -0.05) is 6.07 Å². The van der Waals surface area contributed by atoms with Gasteiger partial charge < -0.3 is 15.4 Å². The molecule has 1 aliphatic heterocycles. The van der Waals surface area contributed by atoms with E-state index in [0.29, 0.717) is 22.9 Å². The normalized spacial score (nSPS) is 19.6. The Morgan fingerprint density at radius 3 is 2.88 bits per heavy atom. The maximum atomic E-state index is 14.0. The van der Waals surface area contributed by atoms with Gasteiger partial charge in [0.25, 0.3) is 5.92 Å². The highest BCUT2D eigenvalue weighted by molar-refractivity contribution is 5.73. The molecule has 1 saturated carbocycles. The molecule has 0 aromatic carbocycles. The standard InChI is InChI=1S/C24H25F2N7O/c1-34-20-7-23-28-9-19(18-3-2-4-22(30-18)31-21-10-27-14-24(21,25)26)33(23)13-17(20)16-8-29-32(12-16)11-15-5-6-15/h2-4,7-9,12-13,15,21,27H,5-6,10-11,14H2,1H3,(H,30,31). The third-order valence-corrected chi connectivity index (χ3v) is 6.47. The fraction of sp³-hybridized carbons (Fsp3) is 0.375. The zero-order valence-corrected chi connectivity index (χ0v) is 18.7. The minimum atomic E-state index is -2.82. The Morgan fingerprint density at radius 2 is 2.12 bits per heavy atom. The van der Waals surface area contributed by atoms with Gasteiger partial charge in [0.15, 0.2) is 0 Å². The van der Waals surface area contributed by atoms with Crippen LogP contribution in [-0.4, -0.2) is 56.3 Å². The second-order valence-corrected chi connectivity index (χ2v) is 9.02. The fourth-order valence-corrected chi connectivity index (χ4v) is 4.40. The molecular weight excluding hydrogens is 440 g/mol. The maximum absolute atomic E-state index is 14.0. The van der Waals surface area contributed by atoms with Gasteiger partial charge in [0, 0.05) is 42.7 Å². The van der Waals surface area contributed by atoms with Crippen LogP contribution in [0.4, 0.5) is 14.6 Å². The number of halogens is 2. The van der Waals surface area contributed by atoms with Crippen molar-refractivity contribution in [1.29, 1.82) is 0 Å². The van der Waals surface area contributed by atoms with Crippen LogP contribution >= 0.6 is 0 Å². The Morgan fingerprint density at radius 1 is 1.24 bits per heavy atom. The van der Waals surface area contributed by atoms with Crippen LogP contribution in [0.2, 0.25) is 0 Å². The Hall–Kier alpha value is -3.53. The van der Waals surface area contributed by atoms with Gasteiger partial charge >= 0.3 is 0 Å². The largest absolute Gasteiger partial charge is 0.496 e. The van der Waals surface area contributed by atoms with Crippen molar-refractivity contribution >= 4 is 11.5 Å². The molecule has 0 spiro atoms. The van der Waals surface area contributed by atoms with Crippen molar-refractivity contribution in [3.63, 3.8) is 0 Å². The number of fused-ring (bicyclic) bond motifs is 1. The first-order valence-corrected chi connectivity index (χ1v) is 11.4. The molecule has 5 heterocycles. The van der Waals surface area contributed by atoms with Crippen LogP contribution in [-0.2, 0) is 6.54 Å². The maximum Gasteiger partial charge on any atom is 0.281 e. The number of hydrogen-bond acceptors (Lipinski definition) is 6. The number of imidazole rings is 1. The van der Waals surface area contributed by atoms with Crippen molar-refractivity contribution in [2.75, 3.05) is 25.5 Å². The lowest BCUT2D eigenvalue weighted by atomic mass is 10.1. The minimum absolute atomic E-state index is 0.187. The molecule has 8 nitrogen and oxygen atoms in total. The molecule has 0 radical (unpaired) electrons. The summed E-state index contributed by atoms with van der Waals surface area (Å²) >= 11 is 0. The second kappa shape index (κ2) is 8.05. The highest BCUT2D eigenvalue weighted by Crippen LogP contribution is 2.35. The van der Waals surface area contributed by atoms with Crippen LogP contribution in [0.3, 0.4) is 0 Å². The number of anilines is 1. The number of nitrogens with zero attached hydrogens (tertiary/aromatic N) is 5. The molecule has 2 N–H and O–H groups in total. The number of hydrogen-bond donors (Lipinski definition) is 2. The van der Waals surface area contributed by atoms with E-state index in [2.05, 4.69) is 25.7 Å². The molecule has 1 atom stereocenters. The first kappa shape index (κ1) is 21.0. The lowest BCUT2D eigenvalue weighted by molar-refractivity contribution is 0.0138. The van der Waals surface area contributed by atoms with Crippen molar-refractivity contribution in [1.82, 2.24) is 29.5 Å². The predicted octanol–water partition coefficient (Wildman–Crippen LogP) is 3.70. The number of nitrogens with one attached hydrogen (secondary N) is 2. The summed E-state index contributed by atoms with van der Waals surface area (Å²) in [5.74, 6) is -0.994. The quantitative estimate of drug-likeness (QED) is 0.433. The zero-order chi connectivity index (χ0) is 23.3. The first-order valence-electron chi connectivity index (χ1n) is 11.4. The molecule has 2 fully saturated rings. The molecule has 34 heavy (non-hydrogen) atoms. The first-order chi connectivity index (χ1) is 16.5. The van der Waals surface area contributed by atoms with Gasteiger partial charge in [0.1, 0.15) is 23.3 Å². The average molecular weight is 466 g/mol. The van der Waals surface area contributed by atoms with Crippen molar-refractivity contribution in [2.45, 2.75) is 31.4 Å². The van der Waals surface area contributed by atoms with Gasteiger partial charge in [-0.15, -0.1) is 0 Å². The van der Waals surface area contributed by atoms with E-state index in [1.54, 1.807) is 25.4 Å². The van der Waals surface area contributed by atoms with Crippen LogP contribution in [0.1, 0.15) is 12.8 Å². The average Bonchev–Trinajstić information content (AvgIpc) is 3.21. The summed E-state index contributed by atoms with van der Waals surface area (Å²) in [5.41, 5.74) is 3.94. The van der Waals surface area contributed by atoms with Crippen LogP contribution < -0.4 is 15.4 Å². The smallest absolute Gasteiger partial charge is 0.281 e. The Balaban J connectivity index is 1.35. The zero-order valence-electron chi connectivity index (χ0n) is 18.7. The van der Waals surface area contributed by atoms with Crippen molar-refractivity contribution in [3.05, 3.63) is 49.1 Å². The van der Waals surface area contributed by atoms with Crippen molar-refractivity contribution in [3.8, 4) is 28.3 Å². The summed E-state index contributed by atoms with van der Waals surface area (Å²) in [7, 11) is 1.64. The SMILES string of the molecule is COc1cc2ncc(-c3cccc(NC4CNCC4(F)F)n3)n2cc1-c1cnn(CC2CC2)c1. The summed E-state index contributed by atoms with van der Waals surface area (Å²) in [5, 5.41) is 10.1. The Bertz CT molecular complexity index is 1340. The van der Waals surface area contributed by atoms with E-state index in [1.165, 1.54) is 12.8 Å². The van der Waals surface area contributed by atoms with Crippen molar-refractivity contribution < 1.29 is 13.5 Å². The van der Waals surface area contributed by atoms with Crippen LogP contribution in [0, 0.1) is 5.92 Å². The highest BCUT2D eigenvalue weighted by Gasteiger charge is 2.44. The fourth-order valence-electron chi connectivity index (χ4n) is 4.40. The van der Waals surface area contributed by atoms with Crippen LogP contribution in [0.5, 0.6) is 5.75 Å². The molecule has 1 saturated heterocycles. The molecule has 176 valence electrons. The number of alkyl halides is 2. The third kappa shape index (κ3) is 3.87. The molecule has 0 amide bonds. The van der Waals surface area contributed by atoms with Gasteiger partial charge in [-0.05, 0) is 30.9 Å². The van der Waals surface area contributed by atoms with Gasteiger partial charge in [0.2, 0.25) is 0 Å². The monoisotopic (exact) mass is 465 g/mol. The number of pyridine rings is 2. The molecule has 1 unspecified atom stereocenters. The number of aromatic nitrogens is 5. The summed E-state index contributed by atoms with van der Waals surface area (Å²) in [4.78, 5) is 9.12. The molecule has 6 rings (SSSR count). The van der Waals surface area contributed by atoms with E-state index in [9.17, 15) is 8.78 Å². The van der Waals surface area contributed by atoms with Gasteiger partial charge in [-0.2, -0.15) is 5.10 Å². The number of rotatable bonds is 7. The topological polar surface area (TPSA) is 81.3 Å². The Kier molecular flexibility index (Phi) is 4.98. The van der Waals surface area contributed by atoms with Gasteiger partial charge in [-0.25, -0.2) is 18.7 Å². The molecule has 10 heteroatoms. The minimum Gasteiger partial charge on any atom is -0.496 e. The summed E-state index contributed by atoms with van der Waals surface area (Å²) in [6, 6.07) is 6.22. The van der Waals surface area contributed by atoms with Crippen LogP contribution in [0.15, 0.2) is 49.1 Å².